The minimum Gasteiger partial charge on any atom is -0.497 e. The molecule has 38 heavy (non-hydrogen) atoms. The van der Waals surface area contributed by atoms with Gasteiger partial charge in [0, 0.05) is 11.3 Å². The van der Waals surface area contributed by atoms with Gasteiger partial charge in [-0.15, -0.1) is 10.2 Å². The van der Waals surface area contributed by atoms with Gasteiger partial charge in [-0.25, -0.2) is 5.43 Å². The van der Waals surface area contributed by atoms with E-state index in [-0.39, 0.29) is 11.7 Å². The van der Waals surface area contributed by atoms with E-state index in [1.165, 1.54) is 11.8 Å². The Morgan fingerprint density at radius 3 is 2.32 bits per heavy atom. The fourth-order valence-electron chi connectivity index (χ4n) is 3.63. The molecule has 0 bridgehead atoms. The summed E-state index contributed by atoms with van der Waals surface area (Å²) >= 11 is 1.24. The summed E-state index contributed by atoms with van der Waals surface area (Å²) in [5.41, 5.74) is 4.88. The van der Waals surface area contributed by atoms with Crippen molar-refractivity contribution in [3.63, 3.8) is 0 Å². The summed E-state index contributed by atoms with van der Waals surface area (Å²) in [5.74, 6) is 2.51. The van der Waals surface area contributed by atoms with Crippen LogP contribution in [0.25, 0.3) is 17.1 Å². The minimum absolute atomic E-state index is 0.0790. The van der Waals surface area contributed by atoms with Crippen LogP contribution >= 0.6 is 11.8 Å². The van der Waals surface area contributed by atoms with Crippen LogP contribution in [0.15, 0.2) is 77.0 Å². The van der Waals surface area contributed by atoms with E-state index < -0.39 is 0 Å². The maximum absolute atomic E-state index is 12.5. The van der Waals surface area contributed by atoms with Crippen molar-refractivity contribution in [2.75, 3.05) is 34.2 Å². The smallest absolute Gasteiger partial charge is 0.250 e. The van der Waals surface area contributed by atoms with E-state index in [4.69, 9.17) is 18.9 Å². The van der Waals surface area contributed by atoms with Crippen molar-refractivity contribution in [3.8, 4) is 40.1 Å². The molecule has 10 nitrogen and oxygen atoms in total. The Morgan fingerprint density at radius 2 is 1.66 bits per heavy atom. The summed E-state index contributed by atoms with van der Waals surface area (Å²) in [6.45, 7) is 0. The number of amides is 1. The molecule has 1 N–H and O–H groups in total. The van der Waals surface area contributed by atoms with E-state index in [1.807, 2.05) is 59.2 Å². The first-order valence-corrected chi connectivity index (χ1v) is 12.5. The molecule has 0 atom stereocenters. The van der Waals surface area contributed by atoms with Crippen molar-refractivity contribution in [2.24, 2.45) is 5.10 Å². The van der Waals surface area contributed by atoms with Crippen LogP contribution in [0.3, 0.4) is 0 Å². The van der Waals surface area contributed by atoms with Gasteiger partial charge in [0.15, 0.2) is 22.5 Å². The summed E-state index contributed by atoms with van der Waals surface area (Å²) in [6, 6.07) is 20.6. The van der Waals surface area contributed by atoms with E-state index >= 15 is 0 Å². The van der Waals surface area contributed by atoms with Gasteiger partial charge < -0.3 is 18.9 Å². The number of para-hydroxylation sites is 1. The summed E-state index contributed by atoms with van der Waals surface area (Å²) in [6.07, 6.45) is 1.56. The highest BCUT2D eigenvalue weighted by atomic mass is 32.2. The topological polar surface area (TPSA) is 109 Å². The third-order valence-corrected chi connectivity index (χ3v) is 6.33. The van der Waals surface area contributed by atoms with Crippen molar-refractivity contribution in [3.05, 3.63) is 72.3 Å². The van der Waals surface area contributed by atoms with Gasteiger partial charge in [0.1, 0.15) is 5.75 Å². The molecule has 0 radical (unpaired) electrons. The second-order valence-corrected chi connectivity index (χ2v) is 8.69. The number of carbonyl (C=O) groups is 1. The second kappa shape index (κ2) is 12.6. The Hall–Kier alpha value is -4.51. The highest BCUT2D eigenvalue weighted by Gasteiger charge is 2.21. The molecule has 0 spiro atoms. The number of hydrogen-bond acceptors (Lipinski definition) is 9. The number of benzene rings is 3. The fourth-order valence-corrected chi connectivity index (χ4v) is 4.38. The minimum atomic E-state index is -0.286. The number of hydrogen-bond donors (Lipinski definition) is 1. The lowest BCUT2D eigenvalue weighted by Gasteiger charge is -2.15. The van der Waals surface area contributed by atoms with E-state index in [9.17, 15) is 4.79 Å². The molecule has 1 amide bonds. The number of nitrogens with one attached hydrogen (secondary N) is 1. The Bertz CT molecular complexity index is 1400. The van der Waals surface area contributed by atoms with Gasteiger partial charge in [0.25, 0.3) is 5.91 Å². The zero-order chi connectivity index (χ0) is 26.9. The van der Waals surface area contributed by atoms with E-state index in [0.717, 1.165) is 11.3 Å². The van der Waals surface area contributed by atoms with Crippen molar-refractivity contribution in [1.82, 2.24) is 20.2 Å². The van der Waals surface area contributed by atoms with Gasteiger partial charge in [0.2, 0.25) is 5.75 Å². The molecule has 4 aromatic rings. The predicted molar refractivity (Wildman–Crippen MR) is 146 cm³/mol. The first-order chi connectivity index (χ1) is 18.6. The van der Waals surface area contributed by atoms with Crippen LogP contribution in [0, 0.1) is 0 Å². The number of nitrogens with zero attached hydrogens (tertiary/aromatic N) is 4. The van der Waals surface area contributed by atoms with Crippen LogP contribution in [0.5, 0.6) is 23.0 Å². The fraction of sp³-hybridized carbons (Fsp3) is 0.185. The quantitative estimate of drug-likeness (QED) is 0.174. The SMILES string of the molecule is COc1cccc(C=NNC(=O)CSc2nnc(-c3cc(OC)c(OC)c(OC)c3)n2-c2ccccc2)c1. The van der Waals surface area contributed by atoms with Crippen LogP contribution in [-0.2, 0) is 4.79 Å². The summed E-state index contributed by atoms with van der Waals surface area (Å²) < 4.78 is 23.5. The van der Waals surface area contributed by atoms with Crippen molar-refractivity contribution in [2.45, 2.75) is 5.16 Å². The summed E-state index contributed by atoms with van der Waals surface area (Å²) in [7, 11) is 6.25. The number of aromatic nitrogens is 3. The lowest BCUT2D eigenvalue weighted by molar-refractivity contribution is -0.118. The molecule has 11 heteroatoms. The zero-order valence-electron chi connectivity index (χ0n) is 21.4. The number of rotatable bonds is 11. The average Bonchev–Trinajstić information content (AvgIpc) is 3.39. The highest BCUT2D eigenvalue weighted by Crippen LogP contribution is 2.41. The molecular weight excluding hydrogens is 506 g/mol. The third-order valence-electron chi connectivity index (χ3n) is 5.40. The van der Waals surface area contributed by atoms with Crippen molar-refractivity contribution >= 4 is 23.9 Å². The van der Waals surface area contributed by atoms with Gasteiger partial charge in [-0.3, -0.25) is 9.36 Å². The summed E-state index contributed by atoms with van der Waals surface area (Å²) in [5, 5.41) is 13.4. The van der Waals surface area contributed by atoms with Gasteiger partial charge >= 0.3 is 0 Å². The molecular formula is C27H27N5O5S. The van der Waals surface area contributed by atoms with E-state index in [1.54, 1.807) is 46.8 Å². The highest BCUT2D eigenvalue weighted by molar-refractivity contribution is 7.99. The molecule has 1 aromatic heterocycles. The molecule has 0 saturated heterocycles. The maximum Gasteiger partial charge on any atom is 0.250 e. The van der Waals surface area contributed by atoms with Crippen LogP contribution in [0.2, 0.25) is 0 Å². The van der Waals surface area contributed by atoms with Crippen molar-refractivity contribution < 1.29 is 23.7 Å². The molecule has 196 valence electrons. The number of methoxy groups -OCH3 is 4. The molecule has 0 saturated carbocycles. The largest absolute Gasteiger partial charge is 0.497 e. The first-order valence-electron chi connectivity index (χ1n) is 11.5. The standard InChI is InChI=1S/C27H27N5O5S/c1-34-21-12-8-9-18(13-21)16-28-29-24(33)17-38-27-31-30-26(32(27)20-10-6-5-7-11-20)19-14-22(35-2)25(37-4)23(15-19)36-3/h5-16H,17H2,1-4H3,(H,29,33). The number of ether oxygens (including phenoxy) is 4. The molecule has 0 fully saturated rings. The molecule has 1 heterocycles. The molecule has 0 aliphatic carbocycles. The Labute approximate surface area is 224 Å². The Morgan fingerprint density at radius 1 is 0.921 bits per heavy atom. The second-order valence-electron chi connectivity index (χ2n) is 7.75. The normalized spacial score (nSPS) is 10.8. The van der Waals surface area contributed by atoms with Crippen LogP contribution in [0.1, 0.15) is 5.56 Å². The van der Waals surface area contributed by atoms with Gasteiger partial charge in [-0.05, 0) is 42.0 Å². The molecule has 3 aromatic carbocycles. The van der Waals surface area contributed by atoms with Gasteiger partial charge in [-0.1, -0.05) is 42.1 Å². The Balaban J connectivity index is 1.57. The maximum atomic E-state index is 12.5. The van der Waals surface area contributed by atoms with Crippen LogP contribution in [0.4, 0.5) is 0 Å². The molecule has 0 aliphatic heterocycles. The zero-order valence-corrected chi connectivity index (χ0v) is 22.2. The van der Waals surface area contributed by atoms with Gasteiger partial charge in [0.05, 0.1) is 40.4 Å². The van der Waals surface area contributed by atoms with E-state index in [0.29, 0.717) is 39.5 Å². The lowest BCUT2D eigenvalue weighted by Crippen LogP contribution is -2.20. The average molecular weight is 534 g/mol. The third kappa shape index (κ3) is 6.06. The van der Waals surface area contributed by atoms with Crippen LogP contribution < -0.4 is 24.4 Å². The monoisotopic (exact) mass is 533 g/mol. The predicted octanol–water partition coefficient (Wildman–Crippen LogP) is 4.21. The lowest BCUT2D eigenvalue weighted by atomic mass is 10.1. The number of hydrazone groups is 1. The molecule has 4 rings (SSSR count). The first kappa shape index (κ1) is 26.6. The van der Waals surface area contributed by atoms with Crippen molar-refractivity contribution in [1.29, 1.82) is 0 Å². The Kier molecular flexibility index (Phi) is 8.83. The van der Waals surface area contributed by atoms with E-state index in [2.05, 4.69) is 20.7 Å². The van der Waals surface area contributed by atoms with Gasteiger partial charge in [-0.2, -0.15) is 5.10 Å². The number of carbonyl (C=O) groups excluding carboxylic acids is 1. The molecule has 0 aliphatic rings. The molecule has 0 unspecified atom stereocenters. The summed E-state index contributed by atoms with van der Waals surface area (Å²) in [4.78, 5) is 12.5. The number of thioether (sulfide) groups is 1. The van der Waals surface area contributed by atoms with Crippen LogP contribution in [-0.4, -0.2) is 61.1 Å².